The Morgan fingerprint density at radius 3 is 2.25 bits per heavy atom. The number of hydrogen-bond donors (Lipinski definition) is 0. The highest BCUT2D eigenvalue weighted by Crippen LogP contribution is 2.15. The minimum atomic E-state index is -0.220. The fraction of sp³-hybridized carbons (Fsp3) is 0.143. The van der Waals surface area contributed by atoms with Gasteiger partial charge < -0.3 is 0 Å². The van der Waals surface area contributed by atoms with Crippen LogP contribution in [-0.2, 0) is 0 Å². The van der Waals surface area contributed by atoms with E-state index in [1.807, 2.05) is 0 Å². The Morgan fingerprint density at radius 2 is 1.83 bits per heavy atom. The molecule has 0 saturated heterocycles. The molecule has 0 fully saturated rings. The van der Waals surface area contributed by atoms with Crippen LogP contribution in [0.15, 0.2) is 12.1 Å². The van der Waals surface area contributed by atoms with E-state index in [1.54, 1.807) is 0 Å². The fourth-order valence-corrected chi connectivity index (χ4v) is 1.32. The van der Waals surface area contributed by atoms with Crippen LogP contribution in [0, 0.1) is 0 Å². The van der Waals surface area contributed by atoms with Crippen molar-refractivity contribution in [2.45, 2.75) is 0 Å². The third-order valence-electron chi connectivity index (χ3n) is 1.21. The van der Waals surface area contributed by atoms with Crippen LogP contribution in [0.25, 0.3) is 0 Å². The molecule has 64 valence electrons. The maximum Gasteiger partial charge on any atom is 0.177 e. The first-order valence-electron chi connectivity index (χ1n) is 3.05. The molecule has 0 aliphatic heterocycles. The molecular weight excluding hydrogens is 220 g/mol. The molecule has 0 unspecified atom stereocenters. The first-order valence-corrected chi connectivity index (χ1v) is 4.35. The summed E-state index contributed by atoms with van der Waals surface area (Å²) in [6.07, 6.45) is 0. The van der Waals surface area contributed by atoms with Gasteiger partial charge in [-0.1, -0.05) is 23.2 Å². The van der Waals surface area contributed by atoms with Gasteiger partial charge in [-0.05, 0) is 12.1 Å². The highest BCUT2D eigenvalue weighted by molar-refractivity contribution is 6.34. The SMILES string of the molecule is O=C(CCl)c1cc(Cl)nc(Cl)c1. The normalized spacial score (nSPS) is 9.92. The fourth-order valence-electron chi connectivity index (χ4n) is 0.703. The van der Waals surface area contributed by atoms with Gasteiger partial charge in [-0.25, -0.2) is 4.98 Å². The maximum absolute atomic E-state index is 11.0. The summed E-state index contributed by atoms with van der Waals surface area (Å²) >= 11 is 16.5. The van der Waals surface area contributed by atoms with Gasteiger partial charge in [-0.3, -0.25) is 4.79 Å². The summed E-state index contributed by atoms with van der Waals surface area (Å²) < 4.78 is 0. The molecule has 1 aromatic rings. The number of aromatic nitrogens is 1. The smallest absolute Gasteiger partial charge is 0.177 e. The van der Waals surface area contributed by atoms with E-state index in [-0.39, 0.29) is 22.0 Å². The van der Waals surface area contributed by atoms with E-state index in [4.69, 9.17) is 34.8 Å². The predicted octanol–water partition coefficient (Wildman–Crippen LogP) is 2.81. The molecular formula is C7H4Cl3NO. The van der Waals surface area contributed by atoms with E-state index < -0.39 is 0 Å². The zero-order valence-electron chi connectivity index (χ0n) is 5.85. The van der Waals surface area contributed by atoms with E-state index in [2.05, 4.69) is 4.98 Å². The molecule has 0 spiro atoms. The first-order chi connectivity index (χ1) is 5.63. The quantitative estimate of drug-likeness (QED) is 0.439. The van der Waals surface area contributed by atoms with Crippen LogP contribution in [-0.4, -0.2) is 16.6 Å². The molecule has 0 N–H and O–H groups in total. The molecule has 0 bridgehead atoms. The molecule has 0 radical (unpaired) electrons. The lowest BCUT2D eigenvalue weighted by atomic mass is 10.2. The van der Waals surface area contributed by atoms with Crippen molar-refractivity contribution < 1.29 is 4.79 Å². The van der Waals surface area contributed by atoms with E-state index in [0.717, 1.165) is 0 Å². The molecule has 0 aliphatic rings. The summed E-state index contributed by atoms with van der Waals surface area (Å²) in [6, 6.07) is 2.86. The number of pyridine rings is 1. The summed E-state index contributed by atoms with van der Waals surface area (Å²) in [4.78, 5) is 14.7. The molecule has 0 atom stereocenters. The predicted molar refractivity (Wildman–Crippen MR) is 49.3 cm³/mol. The van der Waals surface area contributed by atoms with Gasteiger partial charge in [-0.2, -0.15) is 0 Å². The van der Waals surface area contributed by atoms with Gasteiger partial charge in [0.2, 0.25) is 0 Å². The van der Waals surface area contributed by atoms with Crippen LogP contribution >= 0.6 is 34.8 Å². The third-order valence-corrected chi connectivity index (χ3v) is 1.84. The van der Waals surface area contributed by atoms with Gasteiger partial charge in [0.1, 0.15) is 10.3 Å². The molecule has 1 aromatic heterocycles. The lowest BCUT2D eigenvalue weighted by Crippen LogP contribution is -2.00. The summed E-state index contributed by atoms with van der Waals surface area (Å²) in [7, 11) is 0. The molecule has 12 heavy (non-hydrogen) atoms. The zero-order valence-corrected chi connectivity index (χ0v) is 8.12. The molecule has 0 aliphatic carbocycles. The van der Waals surface area contributed by atoms with Crippen LogP contribution < -0.4 is 0 Å². The van der Waals surface area contributed by atoms with Crippen molar-refractivity contribution >= 4 is 40.6 Å². The Labute approximate surface area is 84.5 Å². The highest BCUT2D eigenvalue weighted by atomic mass is 35.5. The number of carbonyl (C=O) groups excluding carboxylic acids is 1. The second kappa shape index (κ2) is 4.08. The van der Waals surface area contributed by atoms with E-state index in [9.17, 15) is 4.79 Å². The number of carbonyl (C=O) groups is 1. The van der Waals surface area contributed by atoms with Gasteiger partial charge in [0.15, 0.2) is 5.78 Å². The van der Waals surface area contributed by atoms with Crippen LogP contribution in [0.1, 0.15) is 10.4 Å². The van der Waals surface area contributed by atoms with Crippen LogP contribution in [0.3, 0.4) is 0 Å². The van der Waals surface area contributed by atoms with Crippen molar-refractivity contribution in [1.29, 1.82) is 0 Å². The Kier molecular flexibility index (Phi) is 3.32. The van der Waals surface area contributed by atoms with E-state index in [1.165, 1.54) is 12.1 Å². The van der Waals surface area contributed by atoms with Crippen molar-refractivity contribution in [3.8, 4) is 0 Å². The average Bonchev–Trinajstić information content (AvgIpc) is 2.01. The molecule has 1 rings (SSSR count). The first kappa shape index (κ1) is 9.78. The number of Topliss-reactive ketones (excluding diaryl/α,β-unsaturated/α-hetero) is 1. The maximum atomic E-state index is 11.0. The minimum Gasteiger partial charge on any atom is -0.293 e. The molecule has 2 nitrogen and oxygen atoms in total. The van der Waals surface area contributed by atoms with Gasteiger partial charge >= 0.3 is 0 Å². The lowest BCUT2D eigenvalue weighted by Gasteiger charge is -1.97. The minimum absolute atomic E-state index is 0.0866. The molecule has 0 aromatic carbocycles. The largest absolute Gasteiger partial charge is 0.293 e. The summed E-state index contributed by atoms with van der Waals surface area (Å²) in [5.74, 6) is -0.306. The summed E-state index contributed by atoms with van der Waals surface area (Å²) in [5.41, 5.74) is 0.384. The zero-order chi connectivity index (χ0) is 9.14. The standard InChI is InChI=1S/C7H4Cl3NO/c8-3-5(12)4-1-6(9)11-7(10)2-4/h1-2H,3H2. The van der Waals surface area contributed by atoms with Crippen LogP contribution in [0.4, 0.5) is 0 Å². The van der Waals surface area contributed by atoms with Gasteiger partial charge in [0.25, 0.3) is 0 Å². The second-order valence-electron chi connectivity index (χ2n) is 2.06. The second-order valence-corrected chi connectivity index (χ2v) is 3.10. The van der Waals surface area contributed by atoms with Crippen molar-refractivity contribution in [2.75, 3.05) is 5.88 Å². The molecule has 0 amide bonds. The lowest BCUT2D eigenvalue weighted by molar-refractivity contribution is 0.102. The number of ketones is 1. The number of rotatable bonds is 2. The van der Waals surface area contributed by atoms with Crippen LogP contribution in [0.5, 0.6) is 0 Å². The Balaban J connectivity index is 3.08. The average molecular weight is 224 g/mol. The van der Waals surface area contributed by atoms with Crippen molar-refractivity contribution in [1.82, 2.24) is 4.98 Å². The third kappa shape index (κ3) is 2.34. The highest BCUT2D eigenvalue weighted by Gasteiger charge is 2.06. The topological polar surface area (TPSA) is 30.0 Å². The van der Waals surface area contributed by atoms with Crippen molar-refractivity contribution in [3.63, 3.8) is 0 Å². The van der Waals surface area contributed by atoms with E-state index >= 15 is 0 Å². The number of alkyl halides is 1. The van der Waals surface area contributed by atoms with E-state index in [0.29, 0.717) is 5.56 Å². The number of hydrogen-bond acceptors (Lipinski definition) is 2. The monoisotopic (exact) mass is 223 g/mol. The van der Waals surface area contributed by atoms with Gasteiger partial charge in [0, 0.05) is 5.56 Å². The summed E-state index contributed by atoms with van der Waals surface area (Å²) in [6.45, 7) is 0. The van der Waals surface area contributed by atoms with Gasteiger partial charge in [0.05, 0.1) is 5.88 Å². The van der Waals surface area contributed by atoms with Crippen molar-refractivity contribution in [2.24, 2.45) is 0 Å². The summed E-state index contributed by atoms with van der Waals surface area (Å²) in [5, 5.41) is 0.381. The van der Waals surface area contributed by atoms with Crippen LogP contribution in [0.2, 0.25) is 10.3 Å². The Morgan fingerprint density at radius 1 is 1.33 bits per heavy atom. The number of halogens is 3. The number of nitrogens with zero attached hydrogens (tertiary/aromatic N) is 1. The molecule has 0 saturated carbocycles. The Hall–Kier alpha value is -0.310. The molecule has 5 heteroatoms. The Bertz CT molecular complexity index is 293. The van der Waals surface area contributed by atoms with Crippen molar-refractivity contribution in [3.05, 3.63) is 28.0 Å². The van der Waals surface area contributed by atoms with Gasteiger partial charge in [-0.15, -0.1) is 11.6 Å². The molecule has 1 heterocycles.